The summed E-state index contributed by atoms with van der Waals surface area (Å²) in [6.45, 7) is 8.93. The van der Waals surface area contributed by atoms with E-state index in [0.29, 0.717) is 11.5 Å². The minimum Gasteiger partial charge on any atom is -0.481 e. The van der Waals surface area contributed by atoms with Crippen LogP contribution in [0.1, 0.15) is 45.7 Å². The minimum atomic E-state index is -1.41. The van der Waals surface area contributed by atoms with Crippen molar-refractivity contribution < 1.29 is 15.0 Å². The number of rotatable bonds is 5. The van der Waals surface area contributed by atoms with Gasteiger partial charge in [-0.3, -0.25) is 4.79 Å². The zero-order chi connectivity index (χ0) is 14.8. The van der Waals surface area contributed by atoms with Crippen molar-refractivity contribution in [2.24, 2.45) is 11.3 Å². The van der Waals surface area contributed by atoms with E-state index in [0.717, 1.165) is 6.42 Å². The highest BCUT2D eigenvalue weighted by molar-refractivity contribution is 5.75. The number of carboxylic acids is 1. The highest BCUT2D eigenvalue weighted by atomic mass is 16.4. The largest absolute Gasteiger partial charge is 0.481 e. The molecular formula is C16H24O3. The van der Waals surface area contributed by atoms with Gasteiger partial charge in [-0.15, -0.1) is 0 Å². The molecule has 0 bridgehead atoms. The molecule has 106 valence electrons. The fraction of sp³-hybridized carbons (Fsp3) is 0.562. The van der Waals surface area contributed by atoms with E-state index in [9.17, 15) is 15.0 Å². The molecular weight excluding hydrogens is 240 g/mol. The summed E-state index contributed by atoms with van der Waals surface area (Å²) in [5.41, 5.74) is -0.822. The molecule has 1 aromatic rings. The Balaban J connectivity index is 3.06. The number of aliphatic carboxylic acids is 1. The Kier molecular flexibility index (Phi) is 4.41. The Morgan fingerprint density at radius 3 is 2.00 bits per heavy atom. The van der Waals surface area contributed by atoms with Gasteiger partial charge in [-0.05, 0) is 44.2 Å². The highest BCUT2D eigenvalue weighted by Gasteiger charge is 2.46. The van der Waals surface area contributed by atoms with Gasteiger partial charge in [0.15, 0.2) is 0 Å². The summed E-state index contributed by atoms with van der Waals surface area (Å²) in [6, 6.07) is 7.56. The van der Waals surface area contributed by atoms with Crippen molar-refractivity contribution in [1.82, 2.24) is 0 Å². The van der Waals surface area contributed by atoms with Gasteiger partial charge in [0.1, 0.15) is 5.60 Å². The molecule has 0 saturated carbocycles. The fourth-order valence-electron chi connectivity index (χ4n) is 2.01. The lowest BCUT2D eigenvalue weighted by molar-refractivity contribution is -0.164. The van der Waals surface area contributed by atoms with Gasteiger partial charge in [-0.2, -0.15) is 0 Å². The molecule has 0 spiro atoms. The third-order valence-electron chi connectivity index (χ3n) is 3.91. The number of hydrogen-bond donors (Lipinski definition) is 2. The van der Waals surface area contributed by atoms with Crippen LogP contribution in [0.3, 0.4) is 0 Å². The lowest BCUT2D eigenvalue weighted by Gasteiger charge is -2.37. The SMILES string of the molecule is CC(C)Cc1ccc(C(C)(O)C(C)(C)C(=O)O)cc1. The Morgan fingerprint density at radius 1 is 1.16 bits per heavy atom. The Morgan fingerprint density at radius 2 is 1.63 bits per heavy atom. The molecule has 0 heterocycles. The molecule has 0 aliphatic heterocycles. The van der Waals surface area contributed by atoms with E-state index in [1.54, 1.807) is 6.92 Å². The predicted octanol–water partition coefficient (Wildman–Crippen LogP) is 3.20. The molecule has 0 aromatic heterocycles. The smallest absolute Gasteiger partial charge is 0.312 e. The molecule has 0 fully saturated rings. The zero-order valence-corrected chi connectivity index (χ0v) is 12.4. The van der Waals surface area contributed by atoms with Crippen LogP contribution in [0.25, 0.3) is 0 Å². The van der Waals surface area contributed by atoms with Gasteiger partial charge in [0.05, 0.1) is 5.41 Å². The summed E-state index contributed by atoms with van der Waals surface area (Å²) in [5.74, 6) is -0.439. The van der Waals surface area contributed by atoms with E-state index in [2.05, 4.69) is 13.8 Å². The molecule has 2 N–H and O–H groups in total. The molecule has 0 amide bonds. The molecule has 0 aliphatic carbocycles. The fourth-order valence-corrected chi connectivity index (χ4v) is 2.01. The van der Waals surface area contributed by atoms with E-state index in [1.807, 2.05) is 24.3 Å². The van der Waals surface area contributed by atoms with Crippen LogP contribution in [-0.2, 0) is 16.8 Å². The Hall–Kier alpha value is -1.35. The molecule has 3 nitrogen and oxygen atoms in total. The molecule has 0 saturated heterocycles. The predicted molar refractivity (Wildman–Crippen MR) is 76.0 cm³/mol. The molecule has 1 aromatic carbocycles. The van der Waals surface area contributed by atoms with Crippen LogP contribution in [0.15, 0.2) is 24.3 Å². The van der Waals surface area contributed by atoms with Crippen LogP contribution >= 0.6 is 0 Å². The van der Waals surface area contributed by atoms with Gasteiger partial charge in [-0.1, -0.05) is 38.1 Å². The van der Waals surface area contributed by atoms with Gasteiger partial charge >= 0.3 is 5.97 Å². The van der Waals surface area contributed by atoms with Gasteiger partial charge in [0.25, 0.3) is 0 Å². The molecule has 19 heavy (non-hydrogen) atoms. The normalized spacial score (nSPS) is 15.3. The summed E-state index contributed by atoms with van der Waals surface area (Å²) in [5, 5.41) is 19.8. The van der Waals surface area contributed by atoms with Crippen LogP contribution in [-0.4, -0.2) is 16.2 Å². The third kappa shape index (κ3) is 3.16. The summed E-state index contributed by atoms with van der Waals surface area (Å²) >= 11 is 0. The van der Waals surface area contributed by atoms with Gasteiger partial charge in [0.2, 0.25) is 0 Å². The zero-order valence-electron chi connectivity index (χ0n) is 12.4. The van der Waals surface area contributed by atoms with Crippen LogP contribution in [0.4, 0.5) is 0 Å². The van der Waals surface area contributed by atoms with E-state index >= 15 is 0 Å². The van der Waals surface area contributed by atoms with Crippen molar-refractivity contribution in [2.45, 2.75) is 46.6 Å². The number of carbonyl (C=O) groups is 1. The minimum absolute atomic E-state index is 0.571. The third-order valence-corrected chi connectivity index (χ3v) is 3.91. The van der Waals surface area contributed by atoms with E-state index in [-0.39, 0.29) is 0 Å². The number of benzene rings is 1. The number of carboxylic acid groups (broad SMARTS) is 1. The average molecular weight is 264 g/mol. The maximum Gasteiger partial charge on any atom is 0.312 e. The molecule has 1 atom stereocenters. The van der Waals surface area contributed by atoms with Gasteiger partial charge in [0, 0.05) is 0 Å². The first-order valence-electron chi connectivity index (χ1n) is 6.64. The van der Waals surface area contributed by atoms with E-state index in [1.165, 1.54) is 19.4 Å². The second-order valence-electron chi connectivity index (χ2n) is 6.30. The lowest BCUT2D eigenvalue weighted by Crippen LogP contribution is -2.44. The average Bonchev–Trinajstić information content (AvgIpc) is 2.28. The highest BCUT2D eigenvalue weighted by Crippen LogP contribution is 2.39. The second-order valence-corrected chi connectivity index (χ2v) is 6.30. The Bertz CT molecular complexity index is 442. The van der Waals surface area contributed by atoms with Crippen LogP contribution < -0.4 is 0 Å². The summed E-state index contributed by atoms with van der Waals surface area (Å²) < 4.78 is 0. The second kappa shape index (κ2) is 5.33. The van der Waals surface area contributed by atoms with Crippen molar-refractivity contribution in [2.75, 3.05) is 0 Å². The van der Waals surface area contributed by atoms with Crippen molar-refractivity contribution in [1.29, 1.82) is 0 Å². The van der Waals surface area contributed by atoms with Crippen LogP contribution in [0, 0.1) is 11.3 Å². The topological polar surface area (TPSA) is 57.5 Å². The number of aliphatic hydroxyl groups is 1. The quantitative estimate of drug-likeness (QED) is 0.858. The first-order chi connectivity index (χ1) is 8.59. The molecule has 0 radical (unpaired) electrons. The molecule has 0 aliphatic rings. The monoisotopic (exact) mass is 264 g/mol. The molecule has 1 unspecified atom stereocenters. The van der Waals surface area contributed by atoms with Gasteiger partial charge < -0.3 is 10.2 Å². The van der Waals surface area contributed by atoms with E-state index in [4.69, 9.17) is 0 Å². The number of hydrogen-bond acceptors (Lipinski definition) is 2. The van der Waals surface area contributed by atoms with Gasteiger partial charge in [-0.25, -0.2) is 0 Å². The van der Waals surface area contributed by atoms with Crippen molar-refractivity contribution in [3.05, 3.63) is 35.4 Å². The van der Waals surface area contributed by atoms with E-state index < -0.39 is 17.0 Å². The van der Waals surface area contributed by atoms with Crippen molar-refractivity contribution in [3.63, 3.8) is 0 Å². The first-order valence-corrected chi connectivity index (χ1v) is 6.64. The lowest BCUT2D eigenvalue weighted by atomic mass is 9.72. The molecule has 1 rings (SSSR count). The van der Waals surface area contributed by atoms with Crippen molar-refractivity contribution >= 4 is 5.97 Å². The maximum absolute atomic E-state index is 11.3. The Labute approximate surface area is 115 Å². The van der Waals surface area contributed by atoms with Crippen LogP contribution in [0.2, 0.25) is 0 Å². The first kappa shape index (κ1) is 15.7. The molecule has 3 heteroatoms. The summed E-state index contributed by atoms with van der Waals surface area (Å²) in [7, 11) is 0. The van der Waals surface area contributed by atoms with Crippen LogP contribution in [0.5, 0.6) is 0 Å². The standard InChI is InChI=1S/C16H24O3/c1-11(2)10-12-6-8-13(9-7-12)16(5,19)15(3,4)14(17)18/h6-9,11,19H,10H2,1-5H3,(H,17,18). The summed E-state index contributed by atoms with van der Waals surface area (Å²) in [4.78, 5) is 11.3. The maximum atomic E-state index is 11.3. The summed E-state index contributed by atoms with van der Waals surface area (Å²) in [6.07, 6.45) is 0.977. The van der Waals surface area contributed by atoms with Crippen molar-refractivity contribution in [3.8, 4) is 0 Å².